The highest BCUT2D eigenvalue weighted by molar-refractivity contribution is 5.92. The molecule has 9 heteroatoms. The van der Waals surface area contributed by atoms with Gasteiger partial charge >= 0.3 is 6.18 Å². The average Bonchev–Trinajstić information content (AvgIpc) is 3.39. The lowest BCUT2D eigenvalue weighted by atomic mass is 10.1. The van der Waals surface area contributed by atoms with E-state index >= 15 is 0 Å². The van der Waals surface area contributed by atoms with Crippen LogP contribution in [0.3, 0.4) is 0 Å². The molecule has 2 aromatic rings. The molecule has 0 bridgehead atoms. The highest BCUT2D eigenvalue weighted by atomic mass is 19.4. The van der Waals surface area contributed by atoms with Crippen molar-refractivity contribution in [1.82, 2.24) is 14.9 Å². The number of carbonyl (C=O) groups excluding carboxylic acids is 1. The Kier molecular flexibility index (Phi) is 4.99. The van der Waals surface area contributed by atoms with Crippen LogP contribution in [-0.2, 0) is 6.42 Å². The van der Waals surface area contributed by atoms with E-state index in [0.717, 1.165) is 49.1 Å². The van der Waals surface area contributed by atoms with Gasteiger partial charge in [0, 0.05) is 18.7 Å². The average molecular weight is 394 g/mol. The van der Waals surface area contributed by atoms with Gasteiger partial charge in [-0.3, -0.25) is 4.79 Å². The molecule has 6 nitrogen and oxygen atoms in total. The number of anilines is 1. The van der Waals surface area contributed by atoms with E-state index in [1.807, 2.05) is 0 Å². The molecule has 1 N–H and O–H groups in total. The molecule has 1 fully saturated rings. The Balaban J connectivity index is 1.57. The van der Waals surface area contributed by atoms with E-state index in [2.05, 4.69) is 15.3 Å². The molecule has 0 radical (unpaired) electrons. The largest absolute Gasteiger partial charge is 0.449 e. The summed E-state index contributed by atoms with van der Waals surface area (Å²) in [6, 6.07) is 3.00. The Labute approximate surface area is 160 Å². The lowest BCUT2D eigenvalue weighted by Gasteiger charge is -2.25. The van der Waals surface area contributed by atoms with Crippen LogP contribution in [0.25, 0.3) is 11.5 Å². The van der Waals surface area contributed by atoms with Crippen LogP contribution >= 0.6 is 0 Å². The molecule has 1 amide bonds. The molecule has 1 aliphatic heterocycles. The molecule has 2 aromatic heterocycles. The van der Waals surface area contributed by atoms with Gasteiger partial charge in [0.05, 0.1) is 0 Å². The quantitative estimate of drug-likeness (QED) is 0.833. The minimum atomic E-state index is -4.46. The van der Waals surface area contributed by atoms with Crippen molar-refractivity contribution in [1.29, 1.82) is 0 Å². The Morgan fingerprint density at radius 2 is 2.04 bits per heavy atom. The Hall–Kier alpha value is -2.58. The molecule has 0 aromatic carbocycles. The summed E-state index contributed by atoms with van der Waals surface area (Å²) >= 11 is 0. The molecule has 4 rings (SSSR count). The molecule has 3 heterocycles. The van der Waals surface area contributed by atoms with E-state index in [1.54, 1.807) is 6.07 Å². The first-order valence-corrected chi connectivity index (χ1v) is 9.45. The minimum Gasteiger partial charge on any atom is -0.449 e. The molecular weight excluding hydrogens is 373 g/mol. The number of halogens is 3. The lowest BCUT2D eigenvalue weighted by molar-refractivity contribution is -0.141. The van der Waals surface area contributed by atoms with Crippen LogP contribution in [0.1, 0.15) is 41.8 Å². The fraction of sp³-hybridized carbons (Fsp3) is 0.526. The number of rotatable bonds is 5. The highest BCUT2D eigenvalue weighted by Crippen LogP contribution is 2.32. The second kappa shape index (κ2) is 7.44. The number of furan rings is 1. The van der Waals surface area contributed by atoms with Crippen molar-refractivity contribution in [3.63, 3.8) is 0 Å². The summed E-state index contributed by atoms with van der Waals surface area (Å²) in [4.78, 5) is 22.0. The molecule has 2 aliphatic rings. The maximum Gasteiger partial charge on any atom is 0.406 e. The number of nitrogens with zero attached hydrogens (tertiary/aromatic N) is 3. The fourth-order valence-corrected chi connectivity index (χ4v) is 4.00. The van der Waals surface area contributed by atoms with Crippen molar-refractivity contribution >= 4 is 11.7 Å². The first kappa shape index (κ1) is 18.8. The number of carbonyl (C=O) groups is 1. The van der Waals surface area contributed by atoms with Gasteiger partial charge in [-0.1, -0.05) is 12.8 Å². The van der Waals surface area contributed by atoms with E-state index in [0.29, 0.717) is 17.3 Å². The first-order valence-electron chi connectivity index (χ1n) is 9.45. The summed E-state index contributed by atoms with van der Waals surface area (Å²) in [5.41, 5.74) is 1.45. The fourth-order valence-electron chi connectivity index (χ4n) is 4.00. The smallest absolute Gasteiger partial charge is 0.406 e. The Morgan fingerprint density at radius 3 is 2.79 bits per heavy atom. The molecule has 0 atom stereocenters. The maximum atomic E-state index is 13.0. The summed E-state index contributed by atoms with van der Waals surface area (Å²) in [7, 11) is 0. The van der Waals surface area contributed by atoms with Gasteiger partial charge in [0.15, 0.2) is 11.5 Å². The second-order valence-corrected chi connectivity index (χ2v) is 7.34. The zero-order valence-electron chi connectivity index (χ0n) is 15.3. The predicted octanol–water partition coefficient (Wildman–Crippen LogP) is 3.90. The Morgan fingerprint density at radius 1 is 1.25 bits per heavy atom. The Bertz CT molecular complexity index is 859. The normalized spacial score (nSPS) is 16.8. The maximum absolute atomic E-state index is 13.0. The molecule has 1 aliphatic carbocycles. The summed E-state index contributed by atoms with van der Waals surface area (Å²) in [5, 5.41) is 3.13. The van der Waals surface area contributed by atoms with Crippen molar-refractivity contribution in [2.45, 2.75) is 38.3 Å². The standard InChI is InChI=1S/C19H21F3N4O2/c20-19(21,22)10-26(9-12-3-1-2-4-12)18(27)15-6-5-14(28-15)16-13-7-8-23-17(13)25-11-24-16/h5-6,11-12H,1-4,7-10H2,(H,23,24,25). The van der Waals surface area contributed by atoms with Crippen LogP contribution in [-0.4, -0.2) is 46.6 Å². The third-order valence-corrected chi connectivity index (χ3v) is 5.27. The molecule has 0 spiro atoms. The summed E-state index contributed by atoms with van der Waals surface area (Å²) in [6.45, 7) is -0.444. The van der Waals surface area contributed by atoms with E-state index in [1.165, 1.54) is 12.4 Å². The molecular formula is C19H21F3N4O2. The molecule has 28 heavy (non-hydrogen) atoms. The predicted molar refractivity (Wildman–Crippen MR) is 95.8 cm³/mol. The number of hydrogen-bond donors (Lipinski definition) is 1. The zero-order valence-corrected chi connectivity index (χ0v) is 15.3. The third kappa shape index (κ3) is 3.98. The monoisotopic (exact) mass is 394 g/mol. The van der Waals surface area contributed by atoms with Crippen molar-refractivity contribution in [2.75, 3.05) is 25.0 Å². The molecule has 1 saturated carbocycles. The summed E-state index contributed by atoms with van der Waals surface area (Å²) in [5.74, 6) is 0.347. The van der Waals surface area contributed by atoms with Crippen LogP contribution < -0.4 is 5.32 Å². The van der Waals surface area contributed by atoms with Crippen LogP contribution in [0.5, 0.6) is 0 Å². The van der Waals surface area contributed by atoms with Crippen LogP contribution in [0, 0.1) is 5.92 Å². The number of fused-ring (bicyclic) bond motifs is 1. The molecule has 0 saturated heterocycles. The van der Waals surface area contributed by atoms with Gasteiger partial charge < -0.3 is 14.6 Å². The highest BCUT2D eigenvalue weighted by Gasteiger charge is 2.36. The van der Waals surface area contributed by atoms with Crippen molar-refractivity contribution < 1.29 is 22.4 Å². The number of alkyl halides is 3. The van der Waals surface area contributed by atoms with Gasteiger partial charge in [-0.15, -0.1) is 0 Å². The van der Waals surface area contributed by atoms with Crippen LogP contribution in [0.2, 0.25) is 0 Å². The topological polar surface area (TPSA) is 71.3 Å². The van der Waals surface area contributed by atoms with Gasteiger partial charge in [0.1, 0.15) is 24.4 Å². The second-order valence-electron chi connectivity index (χ2n) is 7.34. The number of nitrogens with one attached hydrogen (secondary N) is 1. The van der Waals surface area contributed by atoms with Gasteiger partial charge in [0.2, 0.25) is 0 Å². The van der Waals surface area contributed by atoms with Crippen molar-refractivity contribution in [3.05, 3.63) is 29.8 Å². The molecule has 0 unspecified atom stereocenters. The van der Waals surface area contributed by atoms with E-state index in [-0.39, 0.29) is 18.2 Å². The zero-order chi connectivity index (χ0) is 19.7. The van der Waals surface area contributed by atoms with Gasteiger partial charge in [-0.2, -0.15) is 13.2 Å². The minimum absolute atomic E-state index is 0.0984. The number of amides is 1. The number of hydrogen-bond acceptors (Lipinski definition) is 5. The van der Waals surface area contributed by atoms with E-state index in [4.69, 9.17) is 4.42 Å². The van der Waals surface area contributed by atoms with Gasteiger partial charge in [-0.05, 0) is 37.3 Å². The van der Waals surface area contributed by atoms with Crippen molar-refractivity contribution in [3.8, 4) is 11.5 Å². The van der Waals surface area contributed by atoms with Crippen LogP contribution in [0.15, 0.2) is 22.9 Å². The van der Waals surface area contributed by atoms with Crippen molar-refractivity contribution in [2.24, 2.45) is 5.92 Å². The van der Waals surface area contributed by atoms with Gasteiger partial charge in [-0.25, -0.2) is 9.97 Å². The lowest BCUT2D eigenvalue weighted by Crippen LogP contribution is -2.41. The van der Waals surface area contributed by atoms with Gasteiger partial charge in [0.25, 0.3) is 5.91 Å². The van der Waals surface area contributed by atoms with Crippen LogP contribution in [0.4, 0.5) is 19.0 Å². The number of aromatic nitrogens is 2. The van der Waals surface area contributed by atoms with E-state index < -0.39 is 18.6 Å². The molecule has 150 valence electrons. The SMILES string of the molecule is O=C(c1ccc(-c2ncnc3c2CCN3)o1)N(CC1CCCC1)CC(F)(F)F. The third-order valence-electron chi connectivity index (χ3n) is 5.27. The van der Waals surface area contributed by atoms with E-state index in [9.17, 15) is 18.0 Å². The summed E-state index contributed by atoms with van der Waals surface area (Å²) < 4.78 is 44.7. The first-order chi connectivity index (χ1) is 13.4. The summed E-state index contributed by atoms with van der Waals surface area (Å²) in [6.07, 6.45) is 1.36.